The number of aliphatic hydroxyl groups is 1. The van der Waals surface area contributed by atoms with Gasteiger partial charge in [0.05, 0.1) is 15.4 Å². The molecular weight excluding hydrogens is 308 g/mol. The summed E-state index contributed by atoms with van der Waals surface area (Å²) in [6, 6.07) is 4.54. The fourth-order valence-corrected chi connectivity index (χ4v) is 3.54. The lowest BCUT2D eigenvalue weighted by molar-refractivity contribution is 0.228. The third kappa shape index (κ3) is 3.86. The summed E-state index contributed by atoms with van der Waals surface area (Å²) in [6.45, 7) is 2.14. The van der Waals surface area contributed by atoms with E-state index in [9.17, 15) is 0 Å². The van der Waals surface area contributed by atoms with E-state index < -0.39 is 0 Å². The molecule has 0 unspecified atom stereocenters. The van der Waals surface area contributed by atoms with Gasteiger partial charge in [0.15, 0.2) is 5.76 Å². The molecule has 0 aliphatic heterocycles. The number of rotatable bonds is 8. The van der Waals surface area contributed by atoms with E-state index in [0.717, 1.165) is 46.5 Å². The van der Waals surface area contributed by atoms with E-state index in [1.807, 2.05) is 18.3 Å². The molecule has 4 nitrogen and oxygen atoms in total. The molecule has 0 bridgehead atoms. The van der Waals surface area contributed by atoms with Crippen molar-refractivity contribution in [3.05, 3.63) is 28.2 Å². The molecular formula is C15H19ClN2O2S. The first-order valence-electron chi connectivity index (χ1n) is 7.32. The summed E-state index contributed by atoms with van der Waals surface area (Å²) in [4.78, 5) is 3.50. The molecule has 0 aromatic carbocycles. The van der Waals surface area contributed by atoms with Gasteiger partial charge < -0.3 is 9.63 Å². The zero-order valence-corrected chi connectivity index (χ0v) is 13.4. The number of unbranched alkanes of at least 4 members (excludes halogenated alkanes) is 1. The van der Waals surface area contributed by atoms with Crippen LogP contribution in [0.4, 0.5) is 0 Å². The fourth-order valence-electron chi connectivity index (χ4n) is 2.49. The standard InChI is InChI=1S/C15H19ClN2O2S/c16-14-6-5-13(21-14)15-11(9-17-20-15)10-18(12-3-4-12)7-1-2-8-19/h5-6,9,12,19H,1-4,7-8,10H2. The van der Waals surface area contributed by atoms with Crippen molar-refractivity contribution in [3.8, 4) is 10.6 Å². The van der Waals surface area contributed by atoms with E-state index >= 15 is 0 Å². The average molecular weight is 327 g/mol. The zero-order chi connectivity index (χ0) is 14.7. The summed E-state index contributed by atoms with van der Waals surface area (Å²) in [6.07, 6.45) is 6.23. The molecule has 2 aromatic rings. The van der Waals surface area contributed by atoms with Crippen molar-refractivity contribution < 1.29 is 9.63 Å². The Hall–Kier alpha value is -0.880. The average Bonchev–Trinajstić information content (AvgIpc) is 3.07. The summed E-state index contributed by atoms with van der Waals surface area (Å²) in [5.41, 5.74) is 1.12. The third-order valence-corrected chi connectivity index (χ3v) is 4.96. The number of aromatic nitrogens is 1. The van der Waals surface area contributed by atoms with Crippen LogP contribution < -0.4 is 0 Å². The summed E-state index contributed by atoms with van der Waals surface area (Å²) >= 11 is 7.52. The number of hydrogen-bond acceptors (Lipinski definition) is 5. The van der Waals surface area contributed by atoms with Crippen LogP contribution in [0.2, 0.25) is 4.34 Å². The maximum Gasteiger partial charge on any atom is 0.181 e. The molecule has 1 saturated carbocycles. The molecule has 0 radical (unpaired) electrons. The molecule has 0 amide bonds. The van der Waals surface area contributed by atoms with E-state index in [2.05, 4.69) is 10.1 Å². The van der Waals surface area contributed by atoms with Crippen LogP contribution in [0.25, 0.3) is 10.6 Å². The van der Waals surface area contributed by atoms with E-state index in [1.165, 1.54) is 24.2 Å². The SMILES string of the molecule is OCCCCN(Cc1cnoc1-c1ccc(Cl)s1)C1CC1. The van der Waals surface area contributed by atoms with Crippen LogP contribution in [0.3, 0.4) is 0 Å². The molecule has 1 aliphatic carbocycles. The molecule has 114 valence electrons. The van der Waals surface area contributed by atoms with Gasteiger partial charge in [0, 0.05) is 24.8 Å². The Morgan fingerprint density at radius 2 is 2.24 bits per heavy atom. The Morgan fingerprint density at radius 3 is 2.90 bits per heavy atom. The minimum absolute atomic E-state index is 0.269. The minimum Gasteiger partial charge on any atom is -0.396 e. The smallest absolute Gasteiger partial charge is 0.181 e. The second-order valence-electron chi connectivity index (χ2n) is 5.42. The Morgan fingerprint density at radius 1 is 1.38 bits per heavy atom. The first-order valence-corrected chi connectivity index (χ1v) is 8.51. The monoisotopic (exact) mass is 326 g/mol. The maximum atomic E-state index is 8.93. The van der Waals surface area contributed by atoms with Crippen LogP contribution in [0.15, 0.2) is 22.9 Å². The molecule has 2 heterocycles. The van der Waals surface area contributed by atoms with E-state index in [4.69, 9.17) is 21.2 Å². The molecule has 0 atom stereocenters. The van der Waals surface area contributed by atoms with Gasteiger partial charge in [-0.05, 0) is 44.4 Å². The van der Waals surface area contributed by atoms with Gasteiger partial charge in [-0.1, -0.05) is 16.8 Å². The lowest BCUT2D eigenvalue weighted by atomic mass is 10.2. The van der Waals surface area contributed by atoms with Gasteiger partial charge in [-0.25, -0.2) is 0 Å². The first-order chi connectivity index (χ1) is 10.3. The Balaban J connectivity index is 1.70. The normalized spacial score (nSPS) is 15.0. The highest BCUT2D eigenvalue weighted by molar-refractivity contribution is 7.19. The molecule has 1 N–H and O–H groups in total. The van der Waals surface area contributed by atoms with Crippen LogP contribution in [0.5, 0.6) is 0 Å². The Labute approximate surface area is 133 Å². The predicted octanol–water partition coefficient (Wildman–Crippen LogP) is 3.79. The van der Waals surface area contributed by atoms with E-state index in [-0.39, 0.29) is 6.61 Å². The second kappa shape index (κ2) is 6.92. The minimum atomic E-state index is 0.269. The van der Waals surface area contributed by atoms with Gasteiger partial charge in [0.2, 0.25) is 0 Å². The van der Waals surface area contributed by atoms with Crippen molar-refractivity contribution in [3.63, 3.8) is 0 Å². The molecule has 3 rings (SSSR count). The third-order valence-electron chi connectivity index (χ3n) is 3.73. The zero-order valence-electron chi connectivity index (χ0n) is 11.8. The highest BCUT2D eigenvalue weighted by Crippen LogP contribution is 2.35. The van der Waals surface area contributed by atoms with E-state index in [0.29, 0.717) is 6.04 Å². The van der Waals surface area contributed by atoms with Crippen LogP contribution in [-0.4, -0.2) is 34.4 Å². The van der Waals surface area contributed by atoms with Crippen molar-refractivity contribution >= 4 is 22.9 Å². The summed E-state index contributed by atoms with van der Waals surface area (Å²) in [5.74, 6) is 0.833. The molecule has 0 saturated heterocycles. The lowest BCUT2D eigenvalue weighted by Gasteiger charge is -2.21. The number of nitrogens with zero attached hydrogens (tertiary/aromatic N) is 2. The number of hydrogen-bond donors (Lipinski definition) is 1. The second-order valence-corrected chi connectivity index (χ2v) is 7.13. The summed E-state index contributed by atoms with van der Waals surface area (Å²) in [7, 11) is 0. The molecule has 6 heteroatoms. The lowest BCUT2D eigenvalue weighted by Crippen LogP contribution is -2.26. The van der Waals surface area contributed by atoms with Crippen LogP contribution in [0.1, 0.15) is 31.2 Å². The van der Waals surface area contributed by atoms with Gasteiger partial charge >= 0.3 is 0 Å². The van der Waals surface area contributed by atoms with Crippen LogP contribution in [0, 0.1) is 0 Å². The summed E-state index contributed by atoms with van der Waals surface area (Å²) < 4.78 is 6.18. The molecule has 2 aromatic heterocycles. The number of aliphatic hydroxyl groups excluding tert-OH is 1. The van der Waals surface area contributed by atoms with Gasteiger partial charge in [-0.2, -0.15) is 0 Å². The van der Waals surface area contributed by atoms with Crippen molar-refractivity contribution in [1.29, 1.82) is 0 Å². The molecule has 0 spiro atoms. The Bertz CT molecular complexity index is 580. The summed E-state index contributed by atoms with van der Waals surface area (Å²) in [5, 5.41) is 12.9. The van der Waals surface area contributed by atoms with Crippen molar-refractivity contribution in [1.82, 2.24) is 10.1 Å². The first kappa shape index (κ1) is 15.0. The van der Waals surface area contributed by atoms with Crippen molar-refractivity contribution in [2.24, 2.45) is 0 Å². The predicted molar refractivity (Wildman–Crippen MR) is 84.6 cm³/mol. The van der Waals surface area contributed by atoms with Crippen LogP contribution >= 0.6 is 22.9 Å². The number of halogens is 1. The Kier molecular flexibility index (Phi) is 4.95. The van der Waals surface area contributed by atoms with Crippen molar-refractivity contribution in [2.75, 3.05) is 13.2 Å². The van der Waals surface area contributed by atoms with E-state index in [1.54, 1.807) is 0 Å². The van der Waals surface area contributed by atoms with Gasteiger partial charge in [-0.3, -0.25) is 4.90 Å². The van der Waals surface area contributed by atoms with Crippen LogP contribution in [-0.2, 0) is 6.54 Å². The number of thiophene rings is 1. The molecule has 1 aliphatic rings. The largest absolute Gasteiger partial charge is 0.396 e. The highest BCUT2D eigenvalue weighted by Gasteiger charge is 2.29. The molecule has 1 fully saturated rings. The topological polar surface area (TPSA) is 49.5 Å². The van der Waals surface area contributed by atoms with Crippen molar-refractivity contribution in [2.45, 2.75) is 38.3 Å². The quantitative estimate of drug-likeness (QED) is 0.750. The van der Waals surface area contributed by atoms with Gasteiger partial charge in [-0.15, -0.1) is 11.3 Å². The molecule has 21 heavy (non-hydrogen) atoms. The maximum absolute atomic E-state index is 8.93. The highest BCUT2D eigenvalue weighted by atomic mass is 35.5. The van der Waals surface area contributed by atoms with Gasteiger partial charge in [0.25, 0.3) is 0 Å². The fraction of sp³-hybridized carbons (Fsp3) is 0.533. The van der Waals surface area contributed by atoms with Gasteiger partial charge in [0.1, 0.15) is 0 Å².